The van der Waals surface area contributed by atoms with E-state index in [1.165, 1.54) is 0 Å². The summed E-state index contributed by atoms with van der Waals surface area (Å²) >= 11 is 8.38. The Balaban J connectivity index is 1.91. The third-order valence-corrected chi connectivity index (χ3v) is 4.30. The summed E-state index contributed by atoms with van der Waals surface area (Å²) in [5, 5.41) is 0.796. The Morgan fingerprint density at radius 1 is 1.53 bits per heavy atom. The van der Waals surface area contributed by atoms with Gasteiger partial charge in [0.1, 0.15) is 8.86 Å². The van der Waals surface area contributed by atoms with Crippen molar-refractivity contribution in [3.05, 3.63) is 8.86 Å². The maximum Gasteiger partial charge on any atom is 0.137 e. The number of nitrogens with zero attached hydrogens (tertiary/aromatic N) is 2. The highest BCUT2D eigenvalue weighted by atomic mass is 127. The molecule has 84 valence electrons. The fraction of sp³-hybridized carbons (Fsp3) is 0.700. The first-order chi connectivity index (χ1) is 7.27. The monoisotopic (exact) mass is 340 g/mol. The van der Waals surface area contributed by atoms with E-state index in [1.807, 2.05) is 6.21 Å². The maximum atomic E-state index is 6.21. The molecule has 0 aromatic carbocycles. The maximum absolute atomic E-state index is 6.21. The average molecular weight is 341 g/mol. The Hall–Kier alpha value is 0.190. The van der Waals surface area contributed by atoms with Gasteiger partial charge >= 0.3 is 0 Å². The van der Waals surface area contributed by atoms with E-state index < -0.39 is 0 Å². The molecular formula is C10H14ClIN2O. The highest BCUT2D eigenvalue weighted by molar-refractivity contribution is 14.1. The van der Waals surface area contributed by atoms with E-state index in [0.29, 0.717) is 5.92 Å². The molecule has 0 aromatic rings. The van der Waals surface area contributed by atoms with Crippen molar-refractivity contribution in [2.75, 3.05) is 26.3 Å². The van der Waals surface area contributed by atoms with Gasteiger partial charge in [-0.25, -0.2) is 4.99 Å². The molecule has 0 amide bonds. The SMILES string of the molecule is ClC1=C(I)N=CCN1CC1CCOCC1. The van der Waals surface area contributed by atoms with Gasteiger partial charge in [-0.05, 0) is 41.4 Å². The standard InChI is InChI=1S/C10H14ClIN2O/c11-9-10(12)13-3-4-14(9)7-8-1-5-15-6-2-8/h3,8H,1-2,4-7H2. The summed E-state index contributed by atoms with van der Waals surface area (Å²) in [5.74, 6) is 0.711. The van der Waals surface area contributed by atoms with Crippen LogP contribution in [0, 0.1) is 5.92 Å². The predicted molar refractivity (Wildman–Crippen MR) is 70.5 cm³/mol. The van der Waals surface area contributed by atoms with Gasteiger partial charge < -0.3 is 9.64 Å². The lowest BCUT2D eigenvalue weighted by atomic mass is 10.00. The molecular weight excluding hydrogens is 326 g/mol. The molecule has 0 aromatic heterocycles. The first-order valence-electron chi connectivity index (χ1n) is 5.18. The Bertz CT molecular complexity index is 287. The van der Waals surface area contributed by atoms with Crippen molar-refractivity contribution in [1.82, 2.24) is 4.90 Å². The summed E-state index contributed by atoms with van der Waals surface area (Å²) in [4.78, 5) is 6.40. The minimum atomic E-state index is 0.711. The van der Waals surface area contributed by atoms with E-state index in [9.17, 15) is 0 Å². The zero-order valence-electron chi connectivity index (χ0n) is 8.46. The van der Waals surface area contributed by atoms with Crippen LogP contribution >= 0.6 is 34.2 Å². The van der Waals surface area contributed by atoms with E-state index in [2.05, 4.69) is 32.5 Å². The Morgan fingerprint density at radius 3 is 3.00 bits per heavy atom. The molecule has 0 saturated carbocycles. The van der Waals surface area contributed by atoms with Gasteiger partial charge in [0.25, 0.3) is 0 Å². The number of hydrogen-bond acceptors (Lipinski definition) is 3. The first-order valence-corrected chi connectivity index (χ1v) is 6.63. The minimum Gasteiger partial charge on any atom is -0.381 e. The molecule has 3 nitrogen and oxygen atoms in total. The van der Waals surface area contributed by atoms with Crippen LogP contribution in [0.2, 0.25) is 0 Å². The molecule has 0 atom stereocenters. The van der Waals surface area contributed by atoms with Gasteiger partial charge in [0.15, 0.2) is 0 Å². The summed E-state index contributed by atoms with van der Waals surface area (Å²) in [5.41, 5.74) is 0. The lowest BCUT2D eigenvalue weighted by Crippen LogP contribution is -2.33. The zero-order chi connectivity index (χ0) is 10.7. The smallest absolute Gasteiger partial charge is 0.137 e. The second-order valence-corrected chi connectivity index (χ2v) is 5.23. The zero-order valence-corrected chi connectivity index (χ0v) is 11.4. The lowest BCUT2D eigenvalue weighted by molar-refractivity contribution is 0.0586. The molecule has 2 heterocycles. The minimum absolute atomic E-state index is 0.711. The largest absolute Gasteiger partial charge is 0.381 e. The van der Waals surface area contributed by atoms with Crippen LogP contribution in [-0.2, 0) is 4.74 Å². The predicted octanol–water partition coefficient (Wildman–Crippen LogP) is 2.60. The van der Waals surface area contributed by atoms with Crippen LogP contribution in [0.4, 0.5) is 0 Å². The Morgan fingerprint density at radius 2 is 2.27 bits per heavy atom. The van der Waals surface area contributed by atoms with Crippen molar-refractivity contribution in [2.24, 2.45) is 10.9 Å². The average Bonchev–Trinajstić information content (AvgIpc) is 2.26. The van der Waals surface area contributed by atoms with Crippen molar-refractivity contribution >= 4 is 40.4 Å². The molecule has 2 aliphatic heterocycles. The van der Waals surface area contributed by atoms with E-state index in [0.717, 1.165) is 48.0 Å². The quantitative estimate of drug-likeness (QED) is 0.570. The van der Waals surface area contributed by atoms with Crippen LogP contribution in [0.1, 0.15) is 12.8 Å². The molecule has 2 aliphatic rings. The number of aliphatic imine (C=N–C) groups is 1. The topological polar surface area (TPSA) is 24.8 Å². The number of hydrogen-bond donors (Lipinski definition) is 0. The van der Waals surface area contributed by atoms with E-state index >= 15 is 0 Å². The van der Waals surface area contributed by atoms with Crippen molar-refractivity contribution in [2.45, 2.75) is 12.8 Å². The summed E-state index contributed by atoms with van der Waals surface area (Å²) in [6.07, 6.45) is 4.22. The van der Waals surface area contributed by atoms with Crippen molar-refractivity contribution < 1.29 is 4.74 Å². The van der Waals surface area contributed by atoms with Crippen LogP contribution in [0.25, 0.3) is 0 Å². The van der Waals surface area contributed by atoms with E-state index in [4.69, 9.17) is 16.3 Å². The van der Waals surface area contributed by atoms with E-state index in [1.54, 1.807) is 0 Å². The van der Waals surface area contributed by atoms with Crippen molar-refractivity contribution in [1.29, 1.82) is 0 Å². The molecule has 1 saturated heterocycles. The van der Waals surface area contributed by atoms with Crippen LogP contribution < -0.4 is 0 Å². The van der Waals surface area contributed by atoms with Crippen LogP contribution in [0.3, 0.4) is 0 Å². The second-order valence-electron chi connectivity index (χ2n) is 3.85. The van der Waals surface area contributed by atoms with Gasteiger partial charge in [-0.1, -0.05) is 11.6 Å². The van der Waals surface area contributed by atoms with Crippen LogP contribution in [0.5, 0.6) is 0 Å². The summed E-state index contributed by atoms with van der Waals surface area (Å²) in [6, 6.07) is 0. The van der Waals surface area contributed by atoms with Crippen LogP contribution in [0.15, 0.2) is 13.9 Å². The summed E-state index contributed by atoms with van der Waals surface area (Å²) in [6.45, 7) is 3.65. The molecule has 0 aliphatic carbocycles. The van der Waals surface area contributed by atoms with Crippen molar-refractivity contribution in [3.63, 3.8) is 0 Å². The summed E-state index contributed by atoms with van der Waals surface area (Å²) in [7, 11) is 0. The number of rotatable bonds is 2. The molecule has 5 heteroatoms. The lowest BCUT2D eigenvalue weighted by Gasteiger charge is -2.31. The summed E-state index contributed by atoms with van der Waals surface area (Å²) < 4.78 is 6.24. The van der Waals surface area contributed by atoms with Gasteiger partial charge in [-0.15, -0.1) is 0 Å². The highest BCUT2D eigenvalue weighted by Gasteiger charge is 2.20. The normalized spacial score (nSPS) is 23.7. The van der Waals surface area contributed by atoms with Crippen molar-refractivity contribution in [3.8, 4) is 0 Å². The third kappa shape index (κ3) is 3.07. The van der Waals surface area contributed by atoms with Crippen LogP contribution in [-0.4, -0.2) is 37.4 Å². The fourth-order valence-electron chi connectivity index (χ4n) is 1.88. The number of ether oxygens (including phenoxy) is 1. The molecule has 0 bridgehead atoms. The van der Waals surface area contributed by atoms with Gasteiger partial charge in [0.05, 0.1) is 6.54 Å². The highest BCUT2D eigenvalue weighted by Crippen LogP contribution is 2.26. The molecule has 2 rings (SSSR count). The Kier molecular flexibility index (Phi) is 4.28. The third-order valence-electron chi connectivity index (χ3n) is 2.77. The second kappa shape index (κ2) is 5.50. The van der Waals surface area contributed by atoms with Gasteiger partial charge in [0.2, 0.25) is 0 Å². The molecule has 0 spiro atoms. The van der Waals surface area contributed by atoms with E-state index in [-0.39, 0.29) is 0 Å². The Labute approximate surface area is 109 Å². The fourth-order valence-corrected chi connectivity index (χ4v) is 2.60. The number of halogens is 2. The van der Waals surface area contributed by atoms with Gasteiger partial charge in [-0.2, -0.15) is 0 Å². The molecule has 0 N–H and O–H groups in total. The van der Waals surface area contributed by atoms with Gasteiger partial charge in [0, 0.05) is 26.0 Å². The molecule has 0 unspecified atom stereocenters. The molecule has 1 fully saturated rings. The first kappa shape index (κ1) is 11.7. The molecule has 15 heavy (non-hydrogen) atoms. The molecule has 0 radical (unpaired) electrons. The van der Waals surface area contributed by atoms with Gasteiger partial charge in [-0.3, -0.25) is 0 Å².